The number of likely N-dealkylation sites (N-methyl/N-ethyl adjacent to an activating group) is 1. The Bertz CT molecular complexity index is 1470. The van der Waals surface area contributed by atoms with Gasteiger partial charge in [0.15, 0.2) is 11.5 Å². The van der Waals surface area contributed by atoms with Crippen LogP contribution in [0.4, 0.5) is 5.69 Å². The summed E-state index contributed by atoms with van der Waals surface area (Å²) in [7, 11) is 0.0632. The Labute approximate surface area is 240 Å². The molecule has 0 unspecified atom stereocenters. The normalized spacial score (nSPS) is 11.9. The average Bonchev–Trinajstić information content (AvgIpc) is 2.92. The van der Waals surface area contributed by atoms with Crippen molar-refractivity contribution < 1.29 is 27.5 Å². The van der Waals surface area contributed by atoms with Crippen molar-refractivity contribution in [2.24, 2.45) is 0 Å². The number of anilines is 1. The molecule has 0 aliphatic heterocycles. The van der Waals surface area contributed by atoms with E-state index in [1.807, 2.05) is 19.9 Å². The van der Waals surface area contributed by atoms with Crippen LogP contribution in [-0.2, 0) is 26.2 Å². The molecule has 0 saturated heterocycles. The Morgan fingerprint density at radius 2 is 1.60 bits per heavy atom. The number of hydrogen-bond acceptors (Lipinski definition) is 6. The van der Waals surface area contributed by atoms with Crippen molar-refractivity contribution in [3.8, 4) is 11.5 Å². The third kappa shape index (κ3) is 7.05. The smallest absolute Gasteiger partial charge is 0.264 e. The van der Waals surface area contributed by atoms with Gasteiger partial charge in [0, 0.05) is 24.7 Å². The van der Waals surface area contributed by atoms with Crippen LogP contribution in [0.15, 0.2) is 65.6 Å². The lowest BCUT2D eigenvalue weighted by Crippen LogP contribution is -2.50. The fourth-order valence-electron chi connectivity index (χ4n) is 4.35. The van der Waals surface area contributed by atoms with Crippen LogP contribution in [0.1, 0.15) is 23.6 Å². The highest BCUT2D eigenvalue weighted by Gasteiger charge is 2.33. The second kappa shape index (κ2) is 13.1. The van der Waals surface area contributed by atoms with Gasteiger partial charge < -0.3 is 19.7 Å². The molecule has 0 radical (unpaired) electrons. The predicted octanol–water partition coefficient (Wildman–Crippen LogP) is 4.33. The molecule has 9 nitrogen and oxygen atoms in total. The minimum absolute atomic E-state index is 0.0467. The van der Waals surface area contributed by atoms with Gasteiger partial charge in [-0.1, -0.05) is 29.8 Å². The summed E-state index contributed by atoms with van der Waals surface area (Å²) in [5.74, 6) is -0.371. The standard InChI is InChI=1S/C29H34ClN3O6S/c1-19-12-20(2)14-24(13-19)33(40(36,37)25-10-11-26(38-5)27(16-25)39-6)18-28(34)32(21(3)29(35)31-4)17-22-8-7-9-23(30)15-22/h7-16,21H,17-18H2,1-6H3,(H,31,35)/t21-/m1/s1. The summed E-state index contributed by atoms with van der Waals surface area (Å²) < 4.78 is 39.8. The number of hydrogen-bond donors (Lipinski definition) is 1. The Kier molecular flexibility index (Phi) is 10.1. The summed E-state index contributed by atoms with van der Waals surface area (Å²) in [6.45, 7) is 4.77. The van der Waals surface area contributed by atoms with E-state index in [2.05, 4.69) is 5.32 Å². The molecule has 2 amide bonds. The fourth-order valence-corrected chi connectivity index (χ4v) is 5.98. The maximum Gasteiger partial charge on any atom is 0.264 e. The molecule has 1 atom stereocenters. The molecule has 0 bridgehead atoms. The second-order valence-corrected chi connectivity index (χ2v) is 11.6. The molecule has 40 heavy (non-hydrogen) atoms. The van der Waals surface area contributed by atoms with Gasteiger partial charge in [0.1, 0.15) is 12.6 Å². The van der Waals surface area contributed by atoms with Crippen molar-refractivity contribution in [3.05, 3.63) is 82.4 Å². The number of carbonyl (C=O) groups is 2. The van der Waals surface area contributed by atoms with E-state index in [4.69, 9.17) is 21.1 Å². The van der Waals surface area contributed by atoms with Crippen LogP contribution in [-0.4, -0.2) is 59.0 Å². The van der Waals surface area contributed by atoms with Crippen LogP contribution >= 0.6 is 11.6 Å². The van der Waals surface area contributed by atoms with Gasteiger partial charge >= 0.3 is 0 Å². The van der Waals surface area contributed by atoms with E-state index in [-0.39, 0.29) is 17.2 Å². The molecular formula is C29H34ClN3O6S. The van der Waals surface area contributed by atoms with Crippen molar-refractivity contribution in [3.63, 3.8) is 0 Å². The van der Waals surface area contributed by atoms with Crippen LogP contribution in [0.5, 0.6) is 11.5 Å². The molecule has 0 aliphatic rings. The van der Waals surface area contributed by atoms with Gasteiger partial charge in [-0.2, -0.15) is 0 Å². The second-order valence-electron chi connectivity index (χ2n) is 9.32. The van der Waals surface area contributed by atoms with Crippen LogP contribution < -0.4 is 19.1 Å². The zero-order valence-electron chi connectivity index (χ0n) is 23.4. The predicted molar refractivity (Wildman–Crippen MR) is 156 cm³/mol. The molecule has 0 saturated carbocycles. The van der Waals surface area contributed by atoms with Gasteiger partial charge in [-0.3, -0.25) is 13.9 Å². The molecule has 0 spiro atoms. The first-order valence-electron chi connectivity index (χ1n) is 12.5. The van der Waals surface area contributed by atoms with E-state index in [1.54, 1.807) is 43.3 Å². The van der Waals surface area contributed by atoms with Gasteiger partial charge in [-0.25, -0.2) is 8.42 Å². The number of halogens is 1. The summed E-state index contributed by atoms with van der Waals surface area (Å²) in [5, 5.41) is 3.04. The molecule has 0 aromatic heterocycles. The van der Waals surface area contributed by atoms with E-state index in [1.165, 1.54) is 44.4 Å². The number of sulfonamides is 1. The number of aryl methyl sites for hydroxylation is 2. The molecule has 0 heterocycles. The Morgan fingerprint density at radius 1 is 0.950 bits per heavy atom. The summed E-state index contributed by atoms with van der Waals surface area (Å²) in [5.41, 5.74) is 2.65. The number of nitrogens with zero attached hydrogens (tertiary/aromatic N) is 2. The molecule has 3 aromatic rings. The number of carbonyl (C=O) groups excluding carboxylic acids is 2. The maximum atomic E-state index is 14.1. The SMILES string of the molecule is CNC(=O)[C@@H](C)N(Cc1cccc(Cl)c1)C(=O)CN(c1cc(C)cc(C)c1)S(=O)(=O)c1ccc(OC)c(OC)c1. The van der Waals surface area contributed by atoms with E-state index in [9.17, 15) is 18.0 Å². The monoisotopic (exact) mass is 587 g/mol. The lowest BCUT2D eigenvalue weighted by Gasteiger charge is -2.32. The van der Waals surface area contributed by atoms with Crippen LogP contribution in [0, 0.1) is 13.8 Å². The van der Waals surface area contributed by atoms with Crippen molar-refractivity contribution in [1.29, 1.82) is 0 Å². The number of nitrogens with one attached hydrogen (secondary N) is 1. The molecular weight excluding hydrogens is 554 g/mol. The lowest BCUT2D eigenvalue weighted by atomic mass is 10.1. The van der Waals surface area contributed by atoms with Crippen molar-refractivity contribution in [2.45, 2.75) is 38.3 Å². The molecule has 214 valence electrons. The first kappa shape index (κ1) is 30.8. The lowest BCUT2D eigenvalue weighted by molar-refractivity contribution is -0.139. The van der Waals surface area contributed by atoms with Crippen molar-refractivity contribution in [2.75, 3.05) is 32.1 Å². The first-order valence-corrected chi connectivity index (χ1v) is 14.3. The quantitative estimate of drug-likeness (QED) is 0.358. The fraction of sp³-hybridized carbons (Fsp3) is 0.310. The zero-order valence-corrected chi connectivity index (χ0v) is 25.0. The van der Waals surface area contributed by atoms with Crippen LogP contribution in [0.3, 0.4) is 0 Å². The largest absolute Gasteiger partial charge is 0.493 e. The van der Waals surface area contributed by atoms with E-state index >= 15 is 0 Å². The minimum atomic E-state index is -4.28. The highest BCUT2D eigenvalue weighted by Crippen LogP contribution is 2.33. The number of benzene rings is 3. The summed E-state index contributed by atoms with van der Waals surface area (Å²) in [4.78, 5) is 27.8. The van der Waals surface area contributed by atoms with Gasteiger partial charge in [0.25, 0.3) is 10.0 Å². The van der Waals surface area contributed by atoms with E-state index in [0.29, 0.717) is 22.0 Å². The minimum Gasteiger partial charge on any atom is -0.493 e. The molecule has 3 aromatic carbocycles. The number of amides is 2. The molecule has 0 aliphatic carbocycles. The van der Waals surface area contributed by atoms with E-state index in [0.717, 1.165) is 15.4 Å². The average molecular weight is 588 g/mol. The highest BCUT2D eigenvalue weighted by atomic mass is 35.5. The molecule has 11 heteroatoms. The zero-order chi connectivity index (χ0) is 29.6. The van der Waals surface area contributed by atoms with Gasteiger partial charge in [-0.15, -0.1) is 0 Å². The first-order chi connectivity index (χ1) is 18.9. The number of rotatable bonds is 11. The Morgan fingerprint density at radius 3 is 2.17 bits per heavy atom. The van der Waals surface area contributed by atoms with Gasteiger partial charge in [0.2, 0.25) is 11.8 Å². The molecule has 3 rings (SSSR count). The van der Waals surface area contributed by atoms with Gasteiger partial charge in [0.05, 0.1) is 24.8 Å². The maximum absolute atomic E-state index is 14.1. The number of ether oxygens (including phenoxy) is 2. The summed E-state index contributed by atoms with van der Waals surface area (Å²) >= 11 is 6.16. The molecule has 1 N–H and O–H groups in total. The van der Waals surface area contributed by atoms with Crippen molar-refractivity contribution >= 4 is 39.1 Å². The van der Waals surface area contributed by atoms with Gasteiger partial charge in [-0.05, 0) is 73.9 Å². The van der Waals surface area contributed by atoms with Crippen LogP contribution in [0.25, 0.3) is 0 Å². The Balaban J connectivity index is 2.11. The summed E-state index contributed by atoms with van der Waals surface area (Å²) in [6.07, 6.45) is 0. The third-order valence-corrected chi connectivity index (χ3v) is 8.38. The topological polar surface area (TPSA) is 105 Å². The number of methoxy groups -OCH3 is 2. The van der Waals surface area contributed by atoms with Crippen molar-refractivity contribution in [1.82, 2.24) is 10.2 Å². The van der Waals surface area contributed by atoms with Crippen LogP contribution in [0.2, 0.25) is 5.02 Å². The highest BCUT2D eigenvalue weighted by molar-refractivity contribution is 7.92. The third-order valence-electron chi connectivity index (χ3n) is 6.37. The molecule has 0 fully saturated rings. The Hall–Kier alpha value is -3.76. The summed E-state index contributed by atoms with van der Waals surface area (Å²) in [6, 6.07) is 15.6. The van der Waals surface area contributed by atoms with E-state index < -0.39 is 34.4 Å².